The molecule has 5 heteroatoms. The molecule has 0 bridgehead atoms. The van der Waals surface area contributed by atoms with Gasteiger partial charge >= 0.3 is 0 Å². The second-order valence-electron chi connectivity index (χ2n) is 4.68. The first kappa shape index (κ1) is 13.7. The van der Waals surface area contributed by atoms with E-state index in [1.54, 1.807) is 6.07 Å². The van der Waals surface area contributed by atoms with Gasteiger partial charge in [0.25, 0.3) is 5.91 Å². The van der Waals surface area contributed by atoms with Crippen molar-refractivity contribution in [3.05, 3.63) is 33.1 Å². The van der Waals surface area contributed by atoms with Gasteiger partial charge in [0.15, 0.2) is 0 Å². The Bertz CT molecular complexity index is 445. The molecular weight excluding hydrogens is 346 g/mol. The molecular formula is C13H16FIN2O. The summed E-state index contributed by atoms with van der Waals surface area (Å²) >= 11 is 1.99. The minimum absolute atomic E-state index is 0.103. The van der Waals surface area contributed by atoms with Gasteiger partial charge in [-0.3, -0.25) is 4.79 Å². The van der Waals surface area contributed by atoms with Gasteiger partial charge < -0.3 is 10.2 Å². The first-order chi connectivity index (χ1) is 8.56. The van der Waals surface area contributed by atoms with E-state index in [0.717, 1.165) is 25.9 Å². The van der Waals surface area contributed by atoms with Gasteiger partial charge in [0.05, 0.1) is 5.56 Å². The quantitative estimate of drug-likeness (QED) is 0.819. The third-order valence-electron chi connectivity index (χ3n) is 3.23. The minimum atomic E-state index is -0.310. The first-order valence-electron chi connectivity index (χ1n) is 6.00. The fourth-order valence-electron chi connectivity index (χ4n) is 2.09. The fraction of sp³-hybridized carbons (Fsp3) is 0.462. The van der Waals surface area contributed by atoms with Gasteiger partial charge in [-0.05, 0) is 73.8 Å². The van der Waals surface area contributed by atoms with Crippen molar-refractivity contribution in [2.45, 2.75) is 18.9 Å². The van der Waals surface area contributed by atoms with Crippen molar-refractivity contribution in [1.82, 2.24) is 10.2 Å². The Hall–Kier alpha value is -0.690. The number of piperidine rings is 1. The number of nitrogens with zero attached hydrogens (tertiary/aromatic N) is 1. The monoisotopic (exact) mass is 362 g/mol. The Morgan fingerprint density at radius 3 is 2.72 bits per heavy atom. The molecule has 1 heterocycles. The third-order valence-corrected chi connectivity index (χ3v) is 4.12. The van der Waals surface area contributed by atoms with Gasteiger partial charge in [-0.25, -0.2) is 4.39 Å². The van der Waals surface area contributed by atoms with E-state index in [1.807, 2.05) is 22.6 Å². The van der Waals surface area contributed by atoms with Gasteiger partial charge in [-0.15, -0.1) is 0 Å². The van der Waals surface area contributed by atoms with Gasteiger partial charge in [0, 0.05) is 9.61 Å². The molecule has 3 nitrogen and oxygen atoms in total. The number of carbonyl (C=O) groups is 1. The molecule has 1 amide bonds. The van der Waals surface area contributed by atoms with Gasteiger partial charge in [0.2, 0.25) is 0 Å². The molecule has 1 aliphatic rings. The zero-order valence-electron chi connectivity index (χ0n) is 10.2. The Morgan fingerprint density at radius 1 is 1.44 bits per heavy atom. The molecule has 1 aromatic carbocycles. The van der Waals surface area contributed by atoms with Crippen LogP contribution >= 0.6 is 22.6 Å². The number of rotatable bonds is 2. The number of halogens is 2. The number of benzene rings is 1. The second kappa shape index (κ2) is 5.97. The van der Waals surface area contributed by atoms with Crippen LogP contribution < -0.4 is 5.32 Å². The summed E-state index contributed by atoms with van der Waals surface area (Å²) in [5.41, 5.74) is 0.552. The highest BCUT2D eigenvalue weighted by Crippen LogP contribution is 2.15. The Balaban J connectivity index is 1.99. The summed E-state index contributed by atoms with van der Waals surface area (Å²) in [5, 5.41) is 3.02. The van der Waals surface area contributed by atoms with E-state index in [1.165, 1.54) is 12.1 Å². The molecule has 1 fully saturated rings. The van der Waals surface area contributed by atoms with Crippen LogP contribution in [0, 0.1) is 9.39 Å². The predicted octanol–water partition coefficient (Wildman–Crippen LogP) is 2.25. The molecule has 0 saturated carbocycles. The van der Waals surface area contributed by atoms with E-state index in [2.05, 4.69) is 17.3 Å². The van der Waals surface area contributed by atoms with E-state index in [4.69, 9.17) is 0 Å². The highest BCUT2D eigenvalue weighted by atomic mass is 127. The summed E-state index contributed by atoms with van der Waals surface area (Å²) in [4.78, 5) is 14.3. The maximum absolute atomic E-state index is 13.0. The standard InChI is InChI=1S/C13H16FIN2O/c1-17-6-4-10(5-7-17)16-13(18)11-3-2-9(14)8-12(11)15/h2-3,8,10H,4-7H2,1H3,(H,16,18). The van der Waals surface area contributed by atoms with Crippen molar-refractivity contribution in [2.24, 2.45) is 0 Å². The van der Waals surface area contributed by atoms with Crippen LogP contribution in [0.5, 0.6) is 0 Å². The largest absolute Gasteiger partial charge is 0.349 e. The van der Waals surface area contributed by atoms with Crippen molar-refractivity contribution in [2.75, 3.05) is 20.1 Å². The SMILES string of the molecule is CN1CCC(NC(=O)c2ccc(F)cc2I)CC1. The highest BCUT2D eigenvalue weighted by Gasteiger charge is 2.20. The Kier molecular flexibility index (Phi) is 4.55. The zero-order valence-corrected chi connectivity index (χ0v) is 12.4. The summed E-state index contributed by atoms with van der Waals surface area (Å²) in [5.74, 6) is -0.413. The molecule has 0 spiro atoms. The van der Waals surface area contributed by atoms with Crippen LogP contribution in [0.3, 0.4) is 0 Å². The van der Waals surface area contributed by atoms with Gasteiger partial charge in [-0.1, -0.05) is 0 Å². The fourth-order valence-corrected chi connectivity index (χ4v) is 2.81. The molecule has 1 aromatic rings. The molecule has 1 saturated heterocycles. The van der Waals surface area contributed by atoms with E-state index in [0.29, 0.717) is 9.13 Å². The topological polar surface area (TPSA) is 32.3 Å². The molecule has 0 aliphatic carbocycles. The van der Waals surface area contributed by atoms with Crippen molar-refractivity contribution in [1.29, 1.82) is 0 Å². The highest BCUT2D eigenvalue weighted by molar-refractivity contribution is 14.1. The number of nitrogens with one attached hydrogen (secondary N) is 1. The Morgan fingerprint density at radius 2 is 2.11 bits per heavy atom. The zero-order chi connectivity index (χ0) is 13.1. The number of hydrogen-bond donors (Lipinski definition) is 1. The molecule has 18 heavy (non-hydrogen) atoms. The minimum Gasteiger partial charge on any atom is -0.349 e. The van der Waals surface area contributed by atoms with Crippen LogP contribution in [0.1, 0.15) is 23.2 Å². The van der Waals surface area contributed by atoms with Gasteiger partial charge in [0.1, 0.15) is 5.82 Å². The van der Waals surface area contributed by atoms with Crippen LogP contribution in [-0.2, 0) is 0 Å². The maximum Gasteiger partial charge on any atom is 0.252 e. The molecule has 2 rings (SSSR count). The van der Waals surface area contributed by atoms with Gasteiger partial charge in [-0.2, -0.15) is 0 Å². The van der Waals surface area contributed by atoms with Crippen LogP contribution in [0.4, 0.5) is 4.39 Å². The normalized spacial score (nSPS) is 17.7. The number of hydrogen-bond acceptors (Lipinski definition) is 2. The lowest BCUT2D eigenvalue weighted by atomic mass is 10.0. The number of carbonyl (C=O) groups excluding carboxylic acids is 1. The van der Waals surface area contributed by atoms with Crippen molar-refractivity contribution < 1.29 is 9.18 Å². The lowest BCUT2D eigenvalue weighted by Crippen LogP contribution is -2.43. The molecule has 0 radical (unpaired) electrons. The summed E-state index contributed by atoms with van der Waals surface area (Å²) in [6, 6.07) is 4.48. The van der Waals surface area contributed by atoms with Crippen LogP contribution in [0.2, 0.25) is 0 Å². The Labute approximate surface area is 120 Å². The molecule has 98 valence electrons. The number of likely N-dealkylation sites (tertiary alicyclic amines) is 1. The van der Waals surface area contributed by atoms with E-state index >= 15 is 0 Å². The first-order valence-corrected chi connectivity index (χ1v) is 7.08. The van der Waals surface area contributed by atoms with Crippen LogP contribution in [0.15, 0.2) is 18.2 Å². The third kappa shape index (κ3) is 3.41. The van der Waals surface area contributed by atoms with Crippen LogP contribution in [0.25, 0.3) is 0 Å². The predicted molar refractivity (Wildman–Crippen MR) is 77.1 cm³/mol. The van der Waals surface area contributed by atoms with Crippen molar-refractivity contribution in [3.8, 4) is 0 Å². The molecule has 1 N–H and O–H groups in total. The van der Waals surface area contributed by atoms with E-state index < -0.39 is 0 Å². The smallest absolute Gasteiger partial charge is 0.252 e. The van der Waals surface area contributed by atoms with Crippen molar-refractivity contribution >= 4 is 28.5 Å². The maximum atomic E-state index is 13.0. The van der Waals surface area contributed by atoms with Crippen LogP contribution in [-0.4, -0.2) is 37.0 Å². The number of amides is 1. The molecule has 0 aromatic heterocycles. The second-order valence-corrected chi connectivity index (χ2v) is 5.84. The molecule has 0 atom stereocenters. The summed E-state index contributed by atoms with van der Waals surface area (Å²) in [6.45, 7) is 2.01. The molecule has 0 unspecified atom stereocenters. The lowest BCUT2D eigenvalue weighted by Gasteiger charge is -2.29. The van der Waals surface area contributed by atoms with E-state index in [-0.39, 0.29) is 17.8 Å². The van der Waals surface area contributed by atoms with E-state index in [9.17, 15) is 9.18 Å². The van der Waals surface area contributed by atoms with Crippen molar-refractivity contribution in [3.63, 3.8) is 0 Å². The summed E-state index contributed by atoms with van der Waals surface area (Å²) in [7, 11) is 2.08. The average Bonchev–Trinajstić information content (AvgIpc) is 2.32. The summed E-state index contributed by atoms with van der Waals surface area (Å²) < 4.78 is 13.6. The molecule has 1 aliphatic heterocycles. The summed E-state index contributed by atoms with van der Waals surface area (Å²) in [6.07, 6.45) is 1.94. The average molecular weight is 362 g/mol. The lowest BCUT2D eigenvalue weighted by molar-refractivity contribution is 0.0916.